The zero-order valence-corrected chi connectivity index (χ0v) is 10.3. The van der Waals surface area contributed by atoms with Gasteiger partial charge in [-0.2, -0.15) is 5.10 Å². The number of hydrogen-bond acceptors (Lipinski definition) is 2. The van der Waals surface area contributed by atoms with E-state index in [0.29, 0.717) is 11.1 Å². The van der Waals surface area contributed by atoms with Crippen molar-refractivity contribution < 1.29 is 9.18 Å². The normalized spacial score (nSPS) is 10.8. The molecule has 3 rings (SSSR count). The largest absolute Gasteiger partial charge is 0.288 e. The third-order valence-corrected chi connectivity index (χ3v) is 3.04. The van der Waals surface area contributed by atoms with Crippen molar-refractivity contribution in [1.29, 1.82) is 0 Å². The maximum absolute atomic E-state index is 13.8. The first kappa shape index (κ1) is 11.6. The van der Waals surface area contributed by atoms with Crippen molar-refractivity contribution in [3.8, 4) is 0 Å². The van der Waals surface area contributed by atoms with Crippen molar-refractivity contribution in [2.24, 2.45) is 0 Å². The van der Waals surface area contributed by atoms with Gasteiger partial charge in [0, 0.05) is 6.20 Å². The van der Waals surface area contributed by atoms with Crippen LogP contribution in [0.25, 0.3) is 5.52 Å². The number of rotatable bonds is 2. The van der Waals surface area contributed by atoms with Crippen LogP contribution in [-0.4, -0.2) is 15.4 Å². The quantitative estimate of drug-likeness (QED) is 0.659. The van der Waals surface area contributed by atoms with Gasteiger partial charge in [0.2, 0.25) is 0 Å². The summed E-state index contributed by atoms with van der Waals surface area (Å²) in [5.74, 6) is -0.853. The summed E-state index contributed by atoms with van der Waals surface area (Å²) in [5.41, 5.74) is 2.01. The van der Waals surface area contributed by atoms with Gasteiger partial charge < -0.3 is 0 Å². The first-order valence-electron chi connectivity index (χ1n) is 5.90. The monoisotopic (exact) mass is 254 g/mol. The Labute approximate surface area is 109 Å². The highest BCUT2D eigenvalue weighted by Gasteiger charge is 2.18. The summed E-state index contributed by atoms with van der Waals surface area (Å²) in [6.45, 7) is 1.83. The van der Waals surface area contributed by atoms with Gasteiger partial charge in [0.05, 0.1) is 22.8 Å². The molecule has 19 heavy (non-hydrogen) atoms. The van der Waals surface area contributed by atoms with E-state index >= 15 is 0 Å². The molecule has 1 aromatic carbocycles. The van der Waals surface area contributed by atoms with Crippen LogP contribution in [-0.2, 0) is 0 Å². The minimum absolute atomic E-state index is 0.0822. The van der Waals surface area contributed by atoms with Crippen molar-refractivity contribution in [3.63, 3.8) is 0 Å². The molecule has 0 saturated carbocycles. The van der Waals surface area contributed by atoms with Crippen molar-refractivity contribution in [2.75, 3.05) is 0 Å². The van der Waals surface area contributed by atoms with E-state index in [-0.39, 0.29) is 11.3 Å². The van der Waals surface area contributed by atoms with E-state index in [9.17, 15) is 9.18 Å². The van der Waals surface area contributed by atoms with Gasteiger partial charge in [-0.15, -0.1) is 0 Å². The van der Waals surface area contributed by atoms with E-state index in [2.05, 4.69) is 5.10 Å². The van der Waals surface area contributed by atoms with Crippen LogP contribution in [0.1, 0.15) is 21.5 Å². The number of ketones is 1. The molecule has 3 aromatic rings. The maximum Gasteiger partial charge on any atom is 0.199 e. The number of carbonyl (C=O) groups excluding carboxylic acids is 1. The fourth-order valence-corrected chi connectivity index (χ4v) is 2.07. The van der Waals surface area contributed by atoms with Gasteiger partial charge in [-0.1, -0.05) is 17.7 Å². The lowest BCUT2D eigenvalue weighted by Crippen LogP contribution is -2.04. The summed E-state index contributed by atoms with van der Waals surface area (Å²) in [4.78, 5) is 12.4. The van der Waals surface area contributed by atoms with Crippen LogP contribution in [0.5, 0.6) is 0 Å². The maximum atomic E-state index is 13.8. The Bertz CT molecular complexity index is 777. The molecule has 0 aliphatic rings. The topological polar surface area (TPSA) is 34.4 Å². The predicted molar refractivity (Wildman–Crippen MR) is 69.8 cm³/mol. The van der Waals surface area contributed by atoms with Crippen molar-refractivity contribution in [3.05, 3.63) is 71.3 Å². The molecule has 0 N–H and O–H groups in total. The molecule has 0 bridgehead atoms. The molecule has 0 radical (unpaired) electrons. The number of hydrogen-bond donors (Lipinski definition) is 0. The highest BCUT2D eigenvalue weighted by atomic mass is 19.1. The van der Waals surface area contributed by atoms with Crippen molar-refractivity contribution in [2.45, 2.75) is 6.92 Å². The van der Waals surface area contributed by atoms with Crippen LogP contribution in [0.2, 0.25) is 0 Å². The third kappa shape index (κ3) is 1.91. The van der Waals surface area contributed by atoms with Crippen LogP contribution in [0.4, 0.5) is 4.39 Å². The lowest BCUT2D eigenvalue weighted by Gasteiger charge is -2.02. The molecule has 0 atom stereocenters. The van der Waals surface area contributed by atoms with Gasteiger partial charge >= 0.3 is 0 Å². The van der Waals surface area contributed by atoms with Crippen LogP contribution in [0, 0.1) is 12.7 Å². The molecule has 0 unspecified atom stereocenters. The number of fused-ring (bicyclic) bond motifs is 1. The molecule has 0 saturated heterocycles. The summed E-state index contributed by atoms with van der Waals surface area (Å²) in [7, 11) is 0. The number of pyridine rings is 1. The molecule has 3 nitrogen and oxygen atoms in total. The van der Waals surface area contributed by atoms with Crippen LogP contribution in [0.15, 0.2) is 48.8 Å². The summed E-state index contributed by atoms with van der Waals surface area (Å²) in [6, 6.07) is 9.94. The molecule has 2 heterocycles. The Morgan fingerprint density at radius 1 is 1.21 bits per heavy atom. The summed E-state index contributed by atoms with van der Waals surface area (Å²) >= 11 is 0. The zero-order chi connectivity index (χ0) is 13.4. The fraction of sp³-hybridized carbons (Fsp3) is 0.0667. The minimum Gasteiger partial charge on any atom is -0.288 e. The molecule has 0 spiro atoms. The number of nitrogens with zero attached hydrogens (tertiary/aromatic N) is 2. The Balaban J connectivity index is 2.16. The molecule has 0 aliphatic heterocycles. The highest BCUT2D eigenvalue weighted by molar-refractivity contribution is 6.13. The van der Waals surface area contributed by atoms with Crippen LogP contribution in [0.3, 0.4) is 0 Å². The van der Waals surface area contributed by atoms with E-state index in [4.69, 9.17) is 0 Å². The van der Waals surface area contributed by atoms with Gasteiger partial charge in [0.25, 0.3) is 0 Å². The number of halogens is 1. The molecule has 2 aromatic heterocycles. The second-order valence-electron chi connectivity index (χ2n) is 4.40. The van der Waals surface area contributed by atoms with Gasteiger partial charge in [-0.25, -0.2) is 8.91 Å². The number of benzene rings is 1. The first-order chi connectivity index (χ1) is 9.16. The van der Waals surface area contributed by atoms with Gasteiger partial charge in [-0.3, -0.25) is 4.79 Å². The fourth-order valence-electron chi connectivity index (χ4n) is 2.07. The van der Waals surface area contributed by atoms with Gasteiger partial charge in [0.1, 0.15) is 5.82 Å². The molecule has 0 fully saturated rings. The second-order valence-corrected chi connectivity index (χ2v) is 4.40. The van der Waals surface area contributed by atoms with Crippen molar-refractivity contribution in [1.82, 2.24) is 9.61 Å². The number of aryl methyl sites for hydroxylation is 1. The van der Waals surface area contributed by atoms with Crippen molar-refractivity contribution >= 4 is 11.3 Å². The van der Waals surface area contributed by atoms with E-state index < -0.39 is 5.82 Å². The van der Waals surface area contributed by atoms with Crippen LogP contribution < -0.4 is 0 Å². The summed E-state index contributed by atoms with van der Waals surface area (Å²) in [5, 5.41) is 4.09. The molecule has 94 valence electrons. The number of carbonyl (C=O) groups is 1. The van der Waals surface area contributed by atoms with Gasteiger partial charge in [0.15, 0.2) is 5.78 Å². The third-order valence-electron chi connectivity index (χ3n) is 3.04. The predicted octanol–water partition coefficient (Wildman–Crippen LogP) is 3.01. The Morgan fingerprint density at radius 2 is 2.05 bits per heavy atom. The number of aromatic nitrogens is 2. The molecular formula is C15H11FN2O. The SMILES string of the molecule is Cc1ccc(F)c(C(=O)c2cnn3ccccc23)c1. The average Bonchev–Trinajstić information content (AvgIpc) is 2.84. The lowest BCUT2D eigenvalue weighted by molar-refractivity contribution is 0.103. The first-order valence-corrected chi connectivity index (χ1v) is 5.90. The Morgan fingerprint density at radius 3 is 2.89 bits per heavy atom. The smallest absolute Gasteiger partial charge is 0.199 e. The average molecular weight is 254 g/mol. The summed E-state index contributed by atoms with van der Waals surface area (Å²) < 4.78 is 15.4. The summed E-state index contributed by atoms with van der Waals surface area (Å²) in [6.07, 6.45) is 3.22. The minimum atomic E-state index is -0.508. The van der Waals surface area contributed by atoms with E-state index in [0.717, 1.165) is 5.56 Å². The molecule has 4 heteroatoms. The molecule has 0 amide bonds. The second kappa shape index (κ2) is 4.31. The van der Waals surface area contributed by atoms with Crippen LogP contribution >= 0.6 is 0 Å². The van der Waals surface area contributed by atoms with E-state index in [1.165, 1.54) is 12.3 Å². The Kier molecular flexibility index (Phi) is 2.63. The lowest BCUT2D eigenvalue weighted by atomic mass is 10.0. The van der Waals surface area contributed by atoms with Gasteiger partial charge in [-0.05, 0) is 31.2 Å². The highest BCUT2D eigenvalue weighted by Crippen LogP contribution is 2.18. The Hall–Kier alpha value is -2.49. The zero-order valence-electron chi connectivity index (χ0n) is 10.3. The standard InChI is InChI=1S/C15H11FN2O/c1-10-5-6-13(16)11(8-10)15(19)12-9-17-18-7-3-2-4-14(12)18/h2-9H,1H3. The van der Waals surface area contributed by atoms with E-state index in [1.54, 1.807) is 28.9 Å². The van der Waals surface area contributed by atoms with E-state index in [1.807, 2.05) is 19.1 Å². The molecular weight excluding hydrogens is 243 g/mol. The molecule has 0 aliphatic carbocycles.